The summed E-state index contributed by atoms with van der Waals surface area (Å²) in [4.78, 5) is 4.50. The molecule has 0 heterocycles. The Morgan fingerprint density at radius 1 is 1.32 bits per heavy atom. The summed E-state index contributed by atoms with van der Waals surface area (Å²) in [7, 11) is -2.96. The summed E-state index contributed by atoms with van der Waals surface area (Å²) in [6.07, 6.45) is 1.61. The van der Waals surface area contributed by atoms with Crippen molar-refractivity contribution in [3.05, 3.63) is 29.3 Å². The molecule has 0 radical (unpaired) electrons. The van der Waals surface area contributed by atoms with Crippen LogP contribution in [-0.2, 0) is 9.84 Å². The van der Waals surface area contributed by atoms with E-state index in [-0.39, 0.29) is 17.9 Å². The van der Waals surface area contributed by atoms with E-state index in [0.29, 0.717) is 36.2 Å². The minimum absolute atomic E-state index is 0.00711. The van der Waals surface area contributed by atoms with E-state index in [4.69, 9.17) is 16.3 Å². The van der Waals surface area contributed by atoms with Crippen LogP contribution in [-0.4, -0.2) is 51.6 Å². The van der Waals surface area contributed by atoms with Gasteiger partial charge in [-0.1, -0.05) is 23.7 Å². The van der Waals surface area contributed by atoms with Crippen molar-refractivity contribution in [3.63, 3.8) is 0 Å². The average molecular weight is 390 g/mol. The number of hydrogen-bond donors (Lipinski definition) is 2. The number of nitrogens with zero attached hydrogens (tertiary/aromatic N) is 1. The van der Waals surface area contributed by atoms with Gasteiger partial charge < -0.3 is 15.4 Å². The molecule has 0 spiro atoms. The minimum Gasteiger partial charge on any atom is -0.487 e. The van der Waals surface area contributed by atoms with Crippen LogP contribution in [0.15, 0.2) is 29.3 Å². The van der Waals surface area contributed by atoms with Crippen molar-refractivity contribution in [2.45, 2.75) is 39.3 Å². The lowest BCUT2D eigenvalue weighted by Crippen LogP contribution is -2.43. The van der Waals surface area contributed by atoms with Gasteiger partial charge in [0.25, 0.3) is 0 Å². The highest BCUT2D eigenvalue weighted by Gasteiger charge is 2.11. The Balaban J connectivity index is 2.57. The van der Waals surface area contributed by atoms with Gasteiger partial charge in [0, 0.05) is 18.8 Å². The Labute approximate surface area is 155 Å². The average Bonchev–Trinajstić information content (AvgIpc) is 2.52. The Morgan fingerprint density at radius 3 is 2.60 bits per heavy atom. The summed E-state index contributed by atoms with van der Waals surface area (Å²) in [6, 6.07) is 7.31. The fraction of sp³-hybridized carbons (Fsp3) is 0.588. The van der Waals surface area contributed by atoms with Crippen LogP contribution in [0.1, 0.15) is 27.2 Å². The number of halogens is 1. The van der Waals surface area contributed by atoms with Crippen LogP contribution in [0.2, 0.25) is 5.02 Å². The fourth-order valence-corrected chi connectivity index (χ4v) is 2.99. The van der Waals surface area contributed by atoms with Crippen LogP contribution in [0.25, 0.3) is 0 Å². The molecule has 142 valence electrons. The van der Waals surface area contributed by atoms with Crippen LogP contribution in [0.3, 0.4) is 0 Å². The van der Waals surface area contributed by atoms with E-state index in [1.54, 1.807) is 6.07 Å². The lowest BCUT2D eigenvalue weighted by Gasteiger charge is -2.19. The van der Waals surface area contributed by atoms with Gasteiger partial charge in [-0.25, -0.2) is 13.4 Å². The van der Waals surface area contributed by atoms with Gasteiger partial charge in [0.15, 0.2) is 5.96 Å². The number of guanidine groups is 1. The van der Waals surface area contributed by atoms with Crippen LogP contribution in [0.4, 0.5) is 0 Å². The van der Waals surface area contributed by atoms with Crippen molar-refractivity contribution < 1.29 is 13.2 Å². The normalized spacial score (nSPS) is 14.7. The predicted molar refractivity (Wildman–Crippen MR) is 104 cm³/mol. The van der Waals surface area contributed by atoms with Gasteiger partial charge in [-0.2, -0.15) is 0 Å². The molecule has 25 heavy (non-hydrogen) atoms. The maximum absolute atomic E-state index is 11.3. The van der Waals surface area contributed by atoms with E-state index in [2.05, 4.69) is 15.6 Å². The van der Waals surface area contributed by atoms with E-state index < -0.39 is 9.84 Å². The molecular formula is C17H28ClN3O3S. The highest BCUT2D eigenvalue weighted by molar-refractivity contribution is 7.90. The van der Waals surface area contributed by atoms with E-state index in [0.717, 1.165) is 0 Å². The standard InChI is InChI=1S/C17H28ClN3O3S/c1-5-19-17(21-13(2)10-11-25(4,22)23)20-12-14(3)24-16-9-7-6-8-15(16)18/h6-9,13-14H,5,10-12H2,1-4H3,(H2,19,20,21). The molecule has 2 atom stereocenters. The number of benzene rings is 1. The number of ether oxygens (including phenoxy) is 1. The summed E-state index contributed by atoms with van der Waals surface area (Å²) >= 11 is 6.09. The molecule has 1 aromatic carbocycles. The molecule has 0 fully saturated rings. The van der Waals surface area contributed by atoms with E-state index in [9.17, 15) is 8.42 Å². The smallest absolute Gasteiger partial charge is 0.191 e. The van der Waals surface area contributed by atoms with E-state index in [1.807, 2.05) is 39.0 Å². The summed E-state index contributed by atoms with van der Waals surface area (Å²) in [5.41, 5.74) is 0. The Kier molecular flexibility index (Phi) is 9.06. The van der Waals surface area contributed by atoms with Crippen LogP contribution >= 0.6 is 11.6 Å². The monoisotopic (exact) mass is 389 g/mol. The first-order valence-corrected chi connectivity index (χ1v) is 10.8. The van der Waals surface area contributed by atoms with Crippen LogP contribution in [0, 0.1) is 0 Å². The molecule has 8 heteroatoms. The Morgan fingerprint density at radius 2 is 2.00 bits per heavy atom. The number of hydrogen-bond acceptors (Lipinski definition) is 4. The van der Waals surface area contributed by atoms with E-state index >= 15 is 0 Å². The first-order valence-electron chi connectivity index (χ1n) is 8.35. The third-order valence-corrected chi connectivity index (χ3v) is 4.61. The molecule has 0 aromatic heterocycles. The van der Waals surface area contributed by atoms with Gasteiger partial charge >= 0.3 is 0 Å². The summed E-state index contributed by atoms with van der Waals surface area (Å²) in [5.74, 6) is 1.41. The van der Waals surface area contributed by atoms with Gasteiger partial charge in [-0.15, -0.1) is 0 Å². The SMILES string of the molecule is CCNC(=NCC(C)Oc1ccccc1Cl)NC(C)CCS(C)(=O)=O. The largest absolute Gasteiger partial charge is 0.487 e. The zero-order valence-corrected chi connectivity index (χ0v) is 16.8. The molecule has 0 aliphatic carbocycles. The van der Waals surface area contributed by atoms with Crippen LogP contribution in [0.5, 0.6) is 5.75 Å². The summed E-state index contributed by atoms with van der Waals surface area (Å²) in [6.45, 7) is 6.98. The predicted octanol–water partition coefficient (Wildman–Crippen LogP) is 2.49. The zero-order chi connectivity index (χ0) is 18.9. The zero-order valence-electron chi connectivity index (χ0n) is 15.3. The second-order valence-corrected chi connectivity index (χ2v) is 8.71. The second-order valence-electron chi connectivity index (χ2n) is 6.04. The molecule has 2 N–H and O–H groups in total. The first-order chi connectivity index (χ1) is 11.7. The fourth-order valence-electron chi connectivity index (χ4n) is 2.03. The van der Waals surface area contributed by atoms with Gasteiger partial charge in [0.05, 0.1) is 17.3 Å². The molecule has 0 aliphatic rings. The van der Waals surface area contributed by atoms with Crippen molar-refractivity contribution >= 4 is 27.4 Å². The minimum atomic E-state index is -2.96. The van der Waals surface area contributed by atoms with Gasteiger partial charge in [0.2, 0.25) is 0 Å². The van der Waals surface area contributed by atoms with Gasteiger partial charge in [-0.05, 0) is 39.3 Å². The van der Waals surface area contributed by atoms with Crippen molar-refractivity contribution in [2.24, 2.45) is 4.99 Å². The maximum Gasteiger partial charge on any atom is 0.191 e. The molecule has 0 bridgehead atoms. The Bertz CT molecular complexity index is 665. The number of aliphatic imine (C=N–C) groups is 1. The quantitative estimate of drug-likeness (QED) is 0.501. The second kappa shape index (κ2) is 10.5. The maximum atomic E-state index is 11.3. The van der Waals surface area contributed by atoms with E-state index in [1.165, 1.54) is 6.26 Å². The van der Waals surface area contributed by atoms with Crippen molar-refractivity contribution in [1.29, 1.82) is 0 Å². The topological polar surface area (TPSA) is 79.8 Å². The van der Waals surface area contributed by atoms with Gasteiger partial charge in [0.1, 0.15) is 21.7 Å². The molecule has 1 rings (SSSR count). The van der Waals surface area contributed by atoms with Crippen LogP contribution < -0.4 is 15.4 Å². The van der Waals surface area contributed by atoms with Gasteiger partial charge in [-0.3, -0.25) is 0 Å². The first kappa shape index (κ1) is 21.6. The molecule has 0 aliphatic heterocycles. The number of nitrogens with one attached hydrogen (secondary N) is 2. The highest BCUT2D eigenvalue weighted by Crippen LogP contribution is 2.24. The molecule has 1 aromatic rings. The summed E-state index contributed by atoms with van der Waals surface area (Å²) in [5, 5.41) is 6.93. The third kappa shape index (κ3) is 9.55. The molecule has 6 nitrogen and oxygen atoms in total. The molecule has 0 amide bonds. The lowest BCUT2D eigenvalue weighted by molar-refractivity contribution is 0.230. The summed E-state index contributed by atoms with van der Waals surface area (Å²) < 4.78 is 28.3. The lowest BCUT2D eigenvalue weighted by atomic mass is 10.3. The highest BCUT2D eigenvalue weighted by atomic mass is 35.5. The Hall–Kier alpha value is -1.47. The van der Waals surface area contributed by atoms with Crippen molar-refractivity contribution in [2.75, 3.05) is 25.1 Å². The molecule has 0 saturated heterocycles. The third-order valence-electron chi connectivity index (χ3n) is 3.32. The number of sulfone groups is 1. The van der Waals surface area contributed by atoms with Crippen molar-refractivity contribution in [1.82, 2.24) is 10.6 Å². The molecule has 2 unspecified atom stereocenters. The number of rotatable bonds is 9. The molecular weight excluding hydrogens is 362 g/mol. The molecule has 0 saturated carbocycles. The number of para-hydroxylation sites is 1. The van der Waals surface area contributed by atoms with Crippen molar-refractivity contribution in [3.8, 4) is 5.75 Å².